The van der Waals surface area contributed by atoms with Crippen LogP contribution in [0.2, 0.25) is 0 Å². The Kier molecular flexibility index (Phi) is 28.2. The van der Waals surface area contributed by atoms with E-state index in [0.717, 1.165) is 22.3 Å². The maximum absolute atomic E-state index is 13.7. The second-order valence-corrected chi connectivity index (χ2v) is 53.0. The number of fused-ring (bicyclic) bond motifs is 3. The molecule has 1 aliphatic carbocycles. The van der Waals surface area contributed by atoms with Crippen LogP contribution in [0, 0.1) is 102 Å². The topological polar surface area (TPSA) is 187 Å². The maximum Gasteiger partial charge on any atom is 0.262 e. The molecule has 8 unspecified atom stereocenters. The zero-order chi connectivity index (χ0) is 92.1. The van der Waals surface area contributed by atoms with Crippen molar-refractivity contribution >= 4 is 59.1 Å². The first-order valence-electron chi connectivity index (χ1n) is 43.4. The summed E-state index contributed by atoms with van der Waals surface area (Å²) in [5.74, 6) is -0.897. The molecule has 1 saturated carbocycles. The van der Waals surface area contributed by atoms with Crippen molar-refractivity contribution in [3.63, 3.8) is 0 Å². The van der Waals surface area contributed by atoms with E-state index in [0.29, 0.717) is 17.0 Å². The maximum atomic E-state index is 13.7. The van der Waals surface area contributed by atoms with Crippen molar-refractivity contribution in [2.75, 3.05) is 0 Å². The minimum atomic E-state index is -0.536. The summed E-state index contributed by atoms with van der Waals surface area (Å²) in [5.41, 5.74) is 3.48. The van der Waals surface area contributed by atoms with Crippen molar-refractivity contribution < 1.29 is 47.9 Å². The molecule has 0 spiro atoms. The Balaban J connectivity index is 0.000000308. The highest BCUT2D eigenvalue weighted by Gasteiger charge is 2.70. The lowest BCUT2D eigenvalue weighted by molar-refractivity contribution is -0.181. The quantitative estimate of drug-likeness (QED) is 0.230. The van der Waals surface area contributed by atoms with Crippen LogP contribution in [0.15, 0.2) is 24.3 Å². The average Bonchev–Trinajstić information content (AvgIpc) is 1.48. The van der Waals surface area contributed by atoms with Crippen molar-refractivity contribution in [1.82, 2.24) is 24.5 Å². The van der Waals surface area contributed by atoms with E-state index in [1.165, 1.54) is 25.8 Å². The van der Waals surface area contributed by atoms with Gasteiger partial charge in [0.05, 0.1) is 41.2 Å². The Morgan fingerprint density at radius 3 is 0.793 bits per heavy atom. The number of benzene rings is 2. The van der Waals surface area contributed by atoms with Crippen LogP contribution in [-0.2, 0) is 61.6 Å². The highest BCUT2D eigenvalue weighted by Crippen LogP contribution is 2.66. The SMILES string of the molecule is CC(C)(C)C1C(=O)N(C(C)(C)C)C(=O)C(C(C)(C)C)C1C(C)(C)C.CC(C)(C)C1C(=O)N(C(C)(C)C)C(=O)C1C(C)(C)C.CC(C)(C)C1C2C(=O)N(C(C)(C)C)C(=O)C2C(C(C)(C)C)C1C(C)(C)C.CC(C)(C)c1cc(C(C)(C)C)c(C(C)(C)C)c2c1C(=O)N(C(C)(C)C)C(=O)C2.CC(C)(C)c1ccc2c(c1)C(=O)N(C(C)(C)C)C2=O. The lowest BCUT2D eigenvalue weighted by Crippen LogP contribution is -2.66. The molecule has 15 nitrogen and oxygen atoms in total. The molecule has 0 radical (unpaired) electrons. The smallest absolute Gasteiger partial charge is 0.262 e. The number of carbonyl (C=O) groups excluding carboxylic acids is 10. The van der Waals surface area contributed by atoms with Crippen LogP contribution in [0.5, 0.6) is 0 Å². The Hall–Kier alpha value is -5.86. The van der Waals surface area contributed by atoms with Gasteiger partial charge in [-0.25, -0.2) is 0 Å². The second kappa shape index (κ2) is 31.9. The Labute approximate surface area is 707 Å². The zero-order valence-corrected chi connectivity index (χ0v) is 83.6. The molecule has 116 heavy (non-hydrogen) atoms. The van der Waals surface area contributed by atoms with Crippen LogP contribution in [0.4, 0.5) is 0 Å². The molecule has 2 aromatic carbocycles. The third-order valence-corrected chi connectivity index (χ3v) is 24.6. The summed E-state index contributed by atoms with van der Waals surface area (Å²) < 4.78 is 0. The van der Waals surface area contributed by atoms with E-state index >= 15 is 0 Å². The van der Waals surface area contributed by atoms with E-state index < -0.39 is 27.7 Å². The molecule has 4 fully saturated rings. The highest BCUT2D eigenvalue weighted by molar-refractivity contribution is 6.22. The molecular weight excluding hydrogens is 1440 g/mol. The Bertz CT molecular complexity index is 3970. The minimum absolute atomic E-state index is 0.000394. The van der Waals surface area contributed by atoms with Crippen molar-refractivity contribution in [3.05, 3.63) is 68.8 Å². The molecular formula is C101H169N5O10. The Morgan fingerprint density at radius 2 is 0.534 bits per heavy atom. The van der Waals surface area contributed by atoms with Gasteiger partial charge >= 0.3 is 0 Å². The van der Waals surface area contributed by atoms with Crippen LogP contribution >= 0.6 is 0 Å². The first-order valence-corrected chi connectivity index (χ1v) is 43.4. The number of likely N-dealkylation sites (tertiary alicyclic amines) is 3. The number of nitrogens with zero attached hydrogens (tertiary/aromatic N) is 5. The van der Waals surface area contributed by atoms with Gasteiger partial charge in [-0.15, -0.1) is 0 Å². The van der Waals surface area contributed by atoms with Gasteiger partial charge in [-0.1, -0.05) is 261 Å². The van der Waals surface area contributed by atoms with E-state index in [1.807, 2.05) is 158 Å². The van der Waals surface area contributed by atoms with Gasteiger partial charge in [0.15, 0.2) is 0 Å². The summed E-state index contributed by atoms with van der Waals surface area (Å²) in [5, 5.41) is 0. The van der Waals surface area contributed by atoms with Crippen molar-refractivity contribution in [1.29, 1.82) is 0 Å². The highest BCUT2D eigenvalue weighted by atomic mass is 16.2. The number of carbonyl (C=O) groups is 10. The van der Waals surface area contributed by atoms with E-state index in [9.17, 15) is 47.9 Å². The molecule has 658 valence electrons. The lowest BCUT2D eigenvalue weighted by atomic mass is 9.53. The molecule has 0 aromatic heterocycles. The zero-order valence-electron chi connectivity index (χ0n) is 83.6. The first-order chi connectivity index (χ1) is 50.6. The van der Waals surface area contributed by atoms with Gasteiger partial charge < -0.3 is 0 Å². The number of hydrogen-bond acceptors (Lipinski definition) is 10. The fourth-order valence-corrected chi connectivity index (χ4v) is 20.1. The van der Waals surface area contributed by atoms with Crippen molar-refractivity contribution in [3.8, 4) is 0 Å². The number of amides is 10. The van der Waals surface area contributed by atoms with Gasteiger partial charge in [0.2, 0.25) is 41.4 Å². The predicted octanol–water partition coefficient (Wildman–Crippen LogP) is 23.3. The largest absolute Gasteiger partial charge is 0.277 e. The fraction of sp³-hybridized carbons (Fsp3) is 0.782. The standard InChI is InChI=1S/C25H39NO2.C23H41NO2.C21H39NO2.C16H21NO2.C16H29NO2/c1-22(2,3)16-14-17(23(4,5)6)20(24(7,8)9)15-13-18(27)26(25(10,11)12)21(28)19(15)16;1-20(2,3)15-13-14(19(26)24(18(13)25)23(10,11)12)16(21(4,5)6)17(15)22(7,8)9;1-18(2,3)13-14(19(4,5)6)16(23)22(21(10,11)12)17(24)15(13)20(7,8)9;1-15(2,3)10-7-8-11-12(9-10)14(19)17(13(11)18)16(4,5)6;1-14(2,3)10-11(15(4,5)6)13(19)17(12(10)18)16(7,8)9/h14H,13H2,1-12H3;13-17H,1-12H3;13-15H,1-12H3;7-9H,1-6H3;10-11H,1-9H3. The van der Waals surface area contributed by atoms with Gasteiger partial charge in [-0.3, -0.25) is 72.4 Å². The lowest BCUT2D eigenvalue weighted by Gasteiger charge is -2.56. The number of rotatable bonds is 0. The molecule has 5 aliphatic heterocycles. The normalized spacial score (nSPS) is 24.2. The molecule has 5 heterocycles. The van der Waals surface area contributed by atoms with Gasteiger partial charge in [0.25, 0.3) is 17.7 Å². The van der Waals surface area contributed by atoms with Crippen molar-refractivity contribution in [2.24, 2.45) is 102 Å². The Morgan fingerprint density at radius 1 is 0.250 bits per heavy atom. The molecule has 10 amide bonds. The average molecular weight is 1610 g/mol. The molecule has 8 atom stereocenters. The van der Waals surface area contributed by atoms with Gasteiger partial charge in [-0.2, -0.15) is 0 Å². The molecule has 6 aliphatic rings. The molecule has 3 saturated heterocycles. The summed E-state index contributed by atoms with van der Waals surface area (Å²) in [6, 6.07) is 7.83. The van der Waals surface area contributed by atoms with E-state index in [1.54, 1.807) is 15.9 Å². The van der Waals surface area contributed by atoms with Crippen molar-refractivity contribution in [2.45, 2.75) is 409 Å². The predicted molar refractivity (Wildman–Crippen MR) is 478 cm³/mol. The number of hydrogen-bond donors (Lipinski definition) is 0. The summed E-state index contributed by atoms with van der Waals surface area (Å²) in [6.07, 6.45) is 0.290. The van der Waals surface area contributed by atoms with Crippen LogP contribution in [0.1, 0.15) is 412 Å². The summed E-state index contributed by atoms with van der Waals surface area (Å²) in [7, 11) is 0. The van der Waals surface area contributed by atoms with E-state index in [2.05, 4.69) is 214 Å². The van der Waals surface area contributed by atoms with E-state index in [-0.39, 0.29) is 184 Å². The summed E-state index contributed by atoms with van der Waals surface area (Å²) in [6.45, 7) is 107. The fourth-order valence-electron chi connectivity index (χ4n) is 20.1. The van der Waals surface area contributed by atoms with Crippen LogP contribution in [0.25, 0.3) is 0 Å². The van der Waals surface area contributed by atoms with Crippen LogP contribution < -0.4 is 0 Å². The number of piperidine rings is 1. The first kappa shape index (κ1) is 102. The molecule has 2 aromatic rings. The summed E-state index contributed by atoms with van der Waals surface area (Å²) >= 11 is 0. The van der Waals surface area contributed by atoms with E-state index in [4.69, 9.17) is 0 Å². The minimum Gasteiger partial charge on any atom is -0.277 e. The monoisotopic (exact) mass is 1610 g/mol. The van der Waals surface area contributed by atoms with Gasteiger partial charge in [-0.05, 0) is 232 Å². The molecule has 0 N–H and O–H groups in total. The molecule has 8 rings (SSSR count). The third-order valence-electron chi connectivity index (χ3n) is 24.6. The number of imide groups is 5. The second-order valence-electron chi connectivity index (χ2n) is 53.0. The van der Waals surface area contributed by atoms with Gasteiger partial charge in [0.1, 0.15) is 0 Å². The molecule has 0 bridgehead atoms. The van der Waals surface area contributed by atoms with Crippen LogP contribution in [-0.4, -0.2) is 111 Å². The summed E-state index contributed by atoms with van der Waals surface area (Å²) in [4.78, 5) is 139. The van der Waals surface area contributed by atoms with Gasteiger partial charge in [0, 0.05) is 45.1 Å². The van der Waals surface area contributed by atoms with Crippen LogP contribution in [0.3, 0.4) is 0 Å². The molecule has 15 heteroatoms. The third kappa shape index (κ3) is 21.3.